The quantitative estimate of drug-likeness (QED) is 0.102. The van der Waals surface area contributed by atoms with Gasteiger partial charge in [-0.1, -0.05) is 91.8 Å². The topological polar surface area (TPSA) is 115 Å². The fourth-order valence-electron chi connectivity index (χ4n) is 15.3. The summed E-state index contributed by atoms with van der Waals surface area (Å²) < 4.78 is 0. The summed E-state index contributed by atoms with van der Waals surface area (Å²) in [5.41, 5.74) is 41.6. The Balaban J connectivity index is 1.18. The highest BCUT2D eigenvalue weighted by molar-refractivity contribution is 6.15. The molecule has 86 heavy (non-hydrogen) atoms. The van der Waals surface area contributed by atoms with Gasteiger partial charge in [-0.3, -0.25) is 0 Å². The Morgan fingerprint density at radius 1 is 0.302 bits per heavy atom. The third kappa shape index (κ3) is 8.67. The molecule has 0 spiro atoms. The summed E-state index contributed by atoms with van der Waals surface area (Å²) in [6.45, 7) is 36.3. The van der Waals surface area contributed by atoms with Crippen LogP contribution in [0.1, 0.15) is 199 Å². The Morgan fingerprint density at radius 2 is 0.628 bits per heavy atom. The molecule has 0 aliphatic carbocycles. The Kier molecular flexibility index (Phi) is 14.3. The normalized spacial score (nSPS) is 13.8. The van der Waals surface area contributed by atoms with Gasteiger partial charge in [0.05, 0.1) is 56.6 Å². The first-order valence-electron chi connectivity index (χ1n) is 31.9. The lowest BCUT2D eigenvalue weighted by Crippen LogP contribution is -1.93. The Hall–Kier alpha value is -8.62. The average Bonchev–Trinajstić information content (AvgIpc) is 1.53. The van der Waals surface area contributed by atoms with Gasteiger partial charge >= 0.3 is 0 Å². The average molecular weight is 1130 g/mol. The Bertz CT molecular complexity index is 4620. The molecule has 434 valence electrons. The van der Waals surface area contributed by atoms with Crippen LogP contribution in [0.25, 0.3) is 133 Å². The van der Waals surface area contributed by atoms with Crippen molar-refractivity contribution in [2.24, 2.45) is 0 Å². The van der Waals surface area contributed by atoms with Gasteiger partial charge in [0.1, 0.15) is 0 Å². The van der Waals surface area contributed by atoms with Crippen LogP contribution in [0.3, 0.4) is 0 Å². The fraction of sp³-hybridized carbons (Fsp3) is 0.308. The zero-order valence-corrected chi connectivity index (χ0v) is 53.5. The predicted octanol–water partition coefficient (Wildman–Crippen LogP) is 21.4. The van der Waals surface area contributed by atoms with E-state index in [9.17, 15) is 0 Å². The van der Waals surface area contributed by atoms with E-state index in [1.807, 2.05) is 0 Å². The molecule has 6 aromatic heterocycles. The zero-order valence-electron chi connectivity index (χ0n) is 53.5. The van der Waals surface area contributed by atoms with Crippen molar-refractivity contribution < 1.29 is 0 Å². The largest absolute Gasteiger partial charge is 0.355 e. The number of allylic oxidation sites excluding steroid dienone is 8. The van der Waals surface area contributed by atoms with Crippen molar-refractivity contribution in [3.05, 3.63) is 175 Å². The highest BCUT2D eigenvalue weighted by Gasteiger charge is 2.28. The summed E-state index contributed by atoms with van der Waals surface area (Å²) in [7, 11) is 0. The van der Waals surface area contributed by atoms with Crippen LogP contribution < -0.4 is 0 Å². The maximum atomic E-state index is 5.83. The van der Waals surface area contributed by atoms with E-state index in [-0.39, 0.29) is 0 Å². The molecule has 9 aromatic rings. The molecule has 0 unspecified atom stereocenters. The maximum absolute atomic E-state index is 5.83. The molecule has 10 heterocycles. The lowest BCUT2D eigenvalue weighted by Gasteiger charge is -2.15. The third-order valence-corrected chi connectivity index (χ3v) is 20.1. The van der Waals surface area contributed by atoms with Crippen LogP contribution in [0.4, 0.5) is 0 Å². The van der Waals surface area contributed by atoms with Crippen molar-refractivity contribution in [1.82, 2.24) is 39.9 Å². The maximum Gasteiger partial charge on any atom is 0.0769 e. The molecule has 0 saturated heterocycles. The van der Waals surface area contributed by atoms with E-state index < -0.39 is 0 Å². The van der Waals surface area contributed by atoms with E-state index in [2.05, 4.69) is 216 Å². The molecule has 13 rings (SSSR count). The van der Waals surface area contributed by atoms with E-state index in [0.29, 0.717) is 0 Å². The number of H-pyrrole nitrogens is 4. The second-order valence-electron chi connectivity index (χ2n) is 24.4. The van der Waals surface area contributed by atoms with Crippen LogP contribution in [0.2, 0.25) is 0 Å². The van der Waals surface area contributed by atoms with Gasteiger partial charge in [0, 0.05) is 44.2 Å². The summed E-state index contributed by atoms with van der Waals surface area (Å²) >= 11 is 0. The minimum atomic E-state index is 0.848. The number of aromatic amines is 4. The van der Waals surface area contributed by atoms with Crippen molar-refractivity contribution in [2.75, 3.05) is 0 Å². The first-order valence-corrected chi connectivity index (χ1v) is 31.9. The Morgan fingerprint density at radius 3 is 1.00 bits per heavy atom. The minimum Gasteiger partial charge on any atom is -0.355 e. The molecule has 4 aliphatic rings. The molecule has 8 nitrogen and oxygen atoms in total. The standard InChI is InChI=1S/C78H82N8/c1-17-49-39(9)61-33-69-53(21-5)43(13)75(83-69)73(76-44(14)54(22-6)70(84-76)34-62-40(10)50(18-2)66(80-62)37-65(49)79-61)57-29-25-27-47-31-48-28-26-30-58(60(48)32-59(47)57)74-77-45(15)55(23-7)71(85-77)35-63-41(11)51(19-3)67(81-63)38-68-52(20-4)42(12)64(82-68)36-72-56(24-8)46(16)78(74)86-72/h25-38,79,81,84,86H,17-24H2,1-16H3. The summed E-state index contributed by atoms with van der Waals surface area (Å²) in [6, 6.07) is 32.4. The zero-order chi connectivity index (χ0) is 60.3. The van der Waals surface area contributed by atoms with E-state index in [1.54, 1.807) is 0 Å². The Labute approximate surface area is 506 Å². The molecule has 0 saturated carbocycles. The fourth-order valence-corrected chi connectivity index (χ4v) is 15.3. The molecule has 8 heteroatoms. The summed E-state index contributed by atoms with van der Waals surface area (Å²) in [6.07, 6.45) is 7.03. The first kappa shape index (κ1) is 56.5. The van der Waals surface area contributed by atoms with Gasteiger partial charge in [-0.25, -0.2) is 19.9 Å². The van der Waals surface area contributed by atoms with E-state index in [1.165, 1.54) is 99.9 Å². The van der Waals surface area contributed by atoms with Gasteiger partial charge in [-0.15, -0.1) is 0 Å². The number of hydrogen-bond acceptors (Lipinski definition) is 4. The SMILES string of the molecule is CCC1=C(C)c2cc3[nH]c(c(C)c3CC)c(-c3cccc4cc5cccc(-c6c7nc(cc8[nH]c(cc9nc(cc%10[nH]c6c(C)c%10CC)C(C)=C9CC)c(CC)c8C)C(CC)=C7C)c5cc34)c3nc(cc4[nH]c(cc1n2)c(CC)c4C)C(CC)=C3C. The van der Waals surface area contributed by atoms with Gasteiger partial charge in [0.2, 0.25) is 0 Å². The molecule has 3 aromatic carbocycles. The van der Waals surface area contributed by atoms with E-state index in [0.717, 1.165) is 174 Å². The molecule has 16 bridgehead atoms. The number of hydrogen-bond donors (Lipinski definition) is 4. The van der Waals surface area contributed by atoms with Crippen molar-refractivity contribution in [1.29, 1.82) is 0 Å². The molecule has 4 N–H and O–H groups in total. The van der Waals surface area contributed by atoms with Crippen molar-refractivity contribution in [2.45, 2.75) is 162 Å². The van der Waals surface area contributed by atoms with Crippen LogP contribution in [-0.4, -0.2) is 39.9 Å². The van der Waals surface area contributed by atoms with Crippen LogP contribution in [0.5, 0.6) is 0 Å². The van der Waals surface area contributed by atoms with Gasteiger partial charge in [0.25, 0.3) is 0 Å². The van der Waals surface area contributed by atoms with Crippen molar-refractivity contribution in [3.63, 3.8) is 0 Å². The first-order chi connectivity index (χ1) is 41.6. The molecule has 0 fully saturated rings. The van der Waals surface area contributed by atoms with Crippen molar-refractivity contribution >= 4 is 110 Å². The van der Waals surface area contributed by atoms with Crippen LogP contribution in [0, 0.1) is 27.7 Å². The van der Waals surface area contributed by atoms with E-state index in [4.69, 9.17) is 19.9 Å². The molecular weight excluding hydrogens is 1050 g/mol. The van der Waals surface area contributed by atoms with Gasteiger partial charge in [0.15, 0.2) is 0 Å². The highest BCUT2D eigenvalue weighted by Crippen LogP contribution is 2.48. The summed E-state index contributed by atoms with van der Waals surface area (Å²) in [4.78, 5) is 38.6. The predicted molar refractivity (Wildman–Crippen MR) is 369 cm³/mol. The van der Waals surface area contributed by atoms with Crippen LogP contribution >= 0.6 is 0 Å². The number of benzene rings is 3. The number of aryl methyl sites for hydroxylation is 8. The number of rotatable bonds is 10. The number of aromatic nitrogens is 8. The van der Waals surface area contributed by atoms with Gasteiger partial charge in [-0.05, 0) is 277 Å². The second kappa shape index (κ2) is 21.7. The number of fused-ring (bicyclic) bond motifs is 18. The molecule has 0 radical (unpaired) electrons. The lowest BCUT2D eigenvalue weighted by molar-refractivity contribution is 1.14. The lowest BCUT2D eigenvalue weighted by atomic mass is 9.88. The minimum absolute atomic E-state index is 0.848. The van der Waals surface area contributed by atoms with Crippen LogP contribution in [-0.2, 0) is 25.7 Å². The molecule has 4 aliphatic heterocycles. The molecule has 0 amide bonds. The summed E-state index contributed by atoms with van der Waals surface area (Å²) in [5.74, 6) is 0. The number of nitrogens with one attached hydrogen (secondary N) is 4. The molecule has 0 atom stereocenters. The third-order valence-electron chi connectivity index (χ3n) is 20.1. The summed E-state index contributed by atoms with van der Waals surface area (Å²) in [5, 5.41) is 4.67. The highest BCUT2D eigenvalue weighted by atomic mass is 14.8. The van der Waals surface area contributed by atoms with Gasteiger partial charge < -0.3 is 19.9 Å². The smallest absolute Gasteiger partial charge is 0.0769 e. The second-order valence-corrected chi connectivity index (χ2v) is 24.4. The molecular formula is C78H82N8. The van der Waals surface area contributed by atoms with Gasteiger partial charge in [-0.2, -0.15) is 0 Å². The van der Waals surface area contributed by atoms with E-state index >= 15 is 0 Å². The monoisotopic (exact) mass is 1130 g/mol. The van der Waals surface area contributed by atoms with Crippen LogP contribution in [0.15, 0.2) is 84.9 Å². The number of nitrogens with zero attached hydrogens (tertiary/aromatic N) is 4. The van der Waals surface area contributed by atoms with Crippen molar-refractivity contribution in [3.8, 4) is 22.3 Å².